The van der Waals surface area contributed by atoms with Crippen molar-refractivity contribution in [3.8, 4) is 0 Å². The molecule has 0 fully saturated rings. The summed E-state index contributed by atoms with van der Waals surface area (Å²) >= 11 is 1.64. The Bertz CT molecular complexity index is 889. The van der Waals surface area contributed by atoms with Gasteiger partial charge in [0.15, 0.2) is 5.16 Å². The number of thioether (sulfide) groups is 1. The maximum absolute atomic E-state index is 12.2. The first kappa shape index (κ1) is 16.8. The Kier molecular flexibility index (Phi) is 4.75. The van der Waals surface area contributed by atoms with Gasteiger partial charge in [-0.05, 0) is 24.1 Å². The Morgan fingerprint density at radius 2 is 2.19 bits per heavy atom. The molecule has 8 heteroatoms. The van der Waals surface area contributed by atoms with Crippen LogP contribution in [0.1, 0.15) is 42.6 Å². The van der Waals surface area contributed by atoms with E-state index in [0.29, 0.717) is 18.8 Å². The summed E-state index contributed by atoms with van der Waals surface area (Å²) in [6, 6.07) is 3.72. The van der Waals surface area contributed by atoms with E-state index in [0.717, 1.165) is 34.2 Å². The predicted molar refractivity (Wildman–Crippen MR) is 98.2 cm³/mol. The monoisotopic (exact) mass is 369 g/mol. The van der Waals surface area contributed by atoms with Gasteiger partial charge in [-0.1, -0.05) is 18.7 Å². The third-order valence-electron chi connectivity index (χ3n) is 4.26. The lowest BCUT2D eigenvalue weighted by Gasteiger charge is -2.23. The van der Waals surface area contributed by atoms with Crippen LogP contribution in [-0.2, 0) is 11.3 Å². The molecular formula is C18H19N5O2S. The van der Waals surface area contributed by atoms with Crippen LogP contribution < -0.4 is 5.32 Å². The van der Waals surface area contributed by atoms with Crippen molar-refractivity contribution in [2.45, 2.75) is 37.4 Å². The lowest BCUT2D eigenvalue weighted by Crippen LogP contribution is -2.25. The van der Waals surface area contributed by atoms with E-state index in [1.54, 1.807) is 22.7 Å². The molecule has 0 saturated carbocycles. The Hall–Kier alpha value is -2.61. The Morgan fingerprint density at radius 1 is 1.35 bits per heavy atom. The summed E-state index contributed by atoms with van der Waals surface area (Å²) in [5.41, 5.74) is 1.91. The first-order chi connectivity index (χ1) is 12.7. The van der Waals surface area contributed by atoms with Gasteiger partial charge in [-0.25, -0.2) is 14.6 Å². The molecular weight excluding hydrogens is 350 g/mol. The van der Waals surface area contributed by atoms with Crippen molar-refractivity contribution >= 4 is 23.5 Å². The third-order valence-corrected chi connectivity index (χ3v) is 5.34. The molecule has 0 radical (unpaired) electrons. The molecule has 1 atom stereocenters. The molecule has 0 saturated heterocycles. The molecule has 1 aliphatic heterocycles. The number of anilines is 1. The minimum Gasteiger partial charge on any atom is -0.467 e. The van der Waals surface area contributed by atoms with Gasteiger partial charge in [-0.15, -0.1) is 0 Å². The molecule has 3 aromatic heterocycles. The van der Waals surface area contributed by atoms with E-state index < -0.39 is 0 Å². The van der Waals surface area contributed by atoms with E-state index in [9.17, 15) is 4.79 Å². The number of carbonyl (C=O) groups excluding carboxylic acids is 1. The summed E-state index contributed by atoms with van der Waals surface area (Å²) in [7, 11) is 0. The number of nitrogens with zero attached hydrogens (tertiary/aromatic N) is 4. The molecule has 0 bridgehead atoms. The third kappa shape index (κ3) is 3.37. The van der Waals surface area contributed by atoms with E-state index >= 15 is 0 Å². The SMILES string of the molecule is CCCSc1ncc(C2CC(=O)Nc3c2cnn3Cc2ccco2)cn1. The number of nitrogens with one attached hydrogen (secondary N) is 1. The molecule has 1 aliphatic rings. The number of fused-ring (bicyclic) bond motifs is 1. The zero-order valence-corrected chi connectivity index (χ0v) is 15.2. The average molecular weight is 369 g/mol. The van der Waals surface area contributed by atoms with Gasteiger partial charge in [-0.2, -0.15) is 5.10 Å². The van der Waals surface area contributed by atoms with Gasteiger partial charge in [0, 0.05) is 36.0 Å². The van der Waals surface area contributed by atoms with Crippen LogP contribution in [0.15, 0.2) is 46.6 Å². The second kappa shape index (κ2) is 7.33. The minimum absolute atomic E-state index is 0.0341. The van der Waals surface area contributed by atoms with Gasteiger partial charge < -0.3 is 9.73 Å². The summed E-state index contributed by atoms with van der Waals surface area (Å²) in [4.78, 5) is 21.1. The number of furan rings is 1. The van der Waals surface area contributed by atoms with Crippen LogP contribution in [0.3, 0.4) is 0 Å². The second-order valence-corrected chi connectivity index (χ2v) is 7.20. The predicted octanol–water partition coefficient (Wildman–Crippen LogP) is 3.29. The molecule has 0 spiro atoms. The molecule has 4 heterocycles. The van der Waals surface area contributed by atoms with Crippen molar-refractivity contribution in [3.05, 3.63) is 53.9 Å². The van der Waals surface area contributed by atoms with Gasteiger partial charge in [0.1, 0.15) is 18.1 Å². The second-order valence-electron chi connectivity index (χ2n) is 6.14. The Balaban J connectivity index is 1.61. The lowest BCUT2D eigenvalue weighted by atomic mass is 9.89. The molecule has 1 amide bonds. The first-order valence-corrected chi connectivity index (χ1v) is 9.56. The largest absolute Gasteiger partial charge is 0.467 e. The van der Waals surface area contributed by atoms with Gasteiger partial charge in [0.05, 0.1) is 12.5 Å². The van der Waals surface area contributed by atoms with Crippen molar-refractivity contribution in [3.63, 3.8) is 0 Å². The molecule has 26 heavy (non-hydrogen) atoms. The fraction of sp³-hybridized carbons (Fsp3) is 0.333. The summed E-state index contributed by atoms with van der Waals surface area (Å²) in [6.07, 6.45) is 8.52. The van der Waals surface area contributed by atoms with E-state index in [1.165, 1.54) is 0 Å². The number of aromatic nitrogens is 4. The van der Waals surface area contributed by atoms with E-state index in [4.69, 9.17) is 4.42 Å². The quantitative estimate of drug-likeness (QED) is 0.530. The fourth-order valence-corrected chi connectivity index (χ4v) is 3.65. The van der Waals surface area contributed by atoms with E-state index in [1.807, 2.05) is 30.7 Å². The van der Waals surface area contributed by atoms with Crippen LogP contribution in [0.25, 0.3) is 0 Å². The summed E-state index contributed by atoms with van der Waals surface area (Å²) in [6.45, 7) is 2.60. The molecule has 134 valence electrons. The summed E-state index contributed by atoms with van der Waals surface area (Å²) in [5, 5.41) is 8.14. The van der Waals surface area contributed by atoms with Crippen molar-refractivity contribution in [1.29, 1.82) is 0 Å². The molecule has 3 aromatic rings. The van der Waals surface area contributed by atoms with Gasteiger partial charge >= 0.3 is 0 Å². The molecule has 1 N–H and O–H groups in total. The smallest absolute Gasteiger partial charge is 0.226 e. The van der Waals surface area contributed by atoms with Crippen molar-refractivity contribution in [2.24, 2.45) is 0 Å². The maximum Gasteiger partial charge on any atom is 0.226 e. The maximum atomic E-state index is 12.2. The fourth-order valence-electron chi connectivity index (χ4n) is 3.01. The van der Waals surface area contributed by atoms with Gasteiger partial charge in [0.2, 0.25) is 5.91 Å². The van der Waals surface area contributed by atoms with Gasteiger partial charge in [-0.3, -0.25) is 4.79 Å². The number of rotatable bonds is 6. The number of hydrogen-bond donors (Lipinski definition) is 1. The van der Waals surface area contributed by atoms with Crippen LogP contribution >= 0.6 is 11.8 Å². The number of amides is 1. The van der Waals surface area contributed by atoms with E-state index in [2.05, 4.69) is 27.3 Å². The molecule has 0 aliphatic carbocycles. The zero-order chi connectivity index (χ0) is 17.9. The minimum atomic E-state index is -0.0886. The van der Waals surface area contributed by atoms with Crippen molar-refractivity contribution < 1.29 is 9.21 Å². The summed E-state index contributed by atoms with van der Waals surface area (Å²) < 4.78 is 7.14. The normalized spacial score (nSPS) is 16.3. The van der Waals surface area contributed by atoms with Crippen LogP contribution in [0.5, 0.6) is 0 Å². The summed E-state index contributed by atoms with van der Waals surface area (Å²) in [5.74, 6) is 2.37. The highest BCUT2D eigenvalue weighted by Gasteiger charge is 2.30. The average Bonchev–Trinajstić information content (AvgIpc) is 3.31. The molecule has 0 aromatic carbocycles. The van der Waals surface area contributed by atoms with Crippen LogP contribution in [-0.4, -0.2) is 31.4 Å². The zero-order valence-electron chi connectivity index (χ0n) is 14.4. The molecule has 7 nitrogen and oxygen atoms in total. The molecule has 1 unspecified atom stereocenters. The van der Waals surface area contributed by atoms with Crippen LogP contribution in [0.4, 0.5) is 5.82 Å². The topological polar surface area (TPSA) is 85.8 Å². The van der Waals surface area contributed by atoms with Crippen LogP contribution in [0.2, 0.25) is 0 Å². The van der Waals surface area contributed by atoms with Crippen molar-refractivity contribution in [2.75, 3.05) is 11.1 Å². The Labute approximate surface area is 155 Å². The van der Waals surface area contributed by atoms with E-state index in [-0.39, 0.29) is 11.8 Å². The lowest BCUT2D eigenvalue weighted by molar-refractivity contribution is -0.116. The highest BCUT2D eigenvalue weighted by molar-refractivity contribution is 7.99. The van der Waals surface area contributed by atoms with Crippen LogP contribution in [0, 0.1) is 0 Å². The number of carbonyl (C=O) groups is 1. The van der Waals surface area contributed by atoms with Gasteiger partial charge in [0.25, 0.3) is 0 Å². The Morgan fingerprint density at radius 3 is 2.92 bits per heavy atom. The highest BCUT2D eigenvalue weighted by Crippen LogP contribution is 2.37. The number of hydrogen-bond acceptors (Lipinski definition) is 6. The standard InChI is InChI=1S/C18H19N5O2S/c1-2-6-26-18-19-8-12(9-20-18)14-7-16(24)22-17-15(14)10-21-23(17)11-13-4-3-5-25-13/h3-5,8-10,14H,2,6-7,11H2,1H3,(H,22,24). The highest BCUT2D eigenvalue weighted by atomic mass is 32.2. The molecule has 4 rings (SSSR count). The first-order valence-electron chi connectivity index (χ1n) is 8.57. The van der Waals surface area contributed by atoms with Crippen molar-refractivity contribution in [1.82, 2.24) is 19.7 Å².